The highest BCUT2D eigenvalue weighted by atomic mass is 16.3. The predicted molar refractivity (Wildman–Crippen MR) is 74.3 cm³/mol. The van der Waals surface area contributed by atoms with Crippen molar-refractivity contribution in [1.82, 2.24) is 4.98 Å². The van der Waals surface area contributed by atoms with Crippen LogP contribution in [0, 0.1) is 6.92 Å². The van der Waals surface area contributed by atoms with Gasteiger partial charge in [-0.2, -0.15) is 0 Å². The Kier molecular flexibility index (Phi) is 2.49. The van der Waals surface area contributed by atoms with Gasteiger partial charge in [0.25, 0.3) is 0 Å². The van der Waals surface area contributed by atoms with Crippen LogP contribution in [0.4, 0.5) is 0 Å². The average molecular weight is 235 g/mol. The second kappa shape index (κ2) is 4.15. The molecule has 2 aromatic carbocycles. The maximum atomic E-state index is 5.75. The zero-order valence-corrected chi connectivity index (χ0v) is 10.2. The van der Waals surface area contributed by atoms with Crippen molar-refractivity contribution < 1.29 is 4.42 Å². The highest BCUT2D eigenvalue weighted by molar-refractivity contribution is 5.77. The molecule has 0 atom stereocenters. The van der Waals surface area contributed by atoms with Crippen molar-refractivity contribution in [2.45, 2.75) is 6.92 Å². The first-order valence-corrected chi connectivity index (χ1v) is 5.86. The highest BCUT2D eigenvalue weighted by Gasteiger charge is 2.07. The molecule has 3 aromatic rings. The summed E-state index contributed by atoms with van der Waals surface area (Å²) in [6, 6.07) is 14.0. The molecule has 0 saturated heterocycles. The third kappa shape index (κ3) is 1.82. The van der Waals surface area contributed by atoms with E-state index in [1.165, 1.54) is 5.56 Å². The molecular formula is C16H13NO. The molecule has 0 aliphatic carbocycles. The second-order valence-electron chi connectivity index (χ2n) is 4.32. The van der Waals surface area contributed by atoms with Crippen LogP contribution >= 0.6 is 0 Å². The zero-order valence-electron chi connectivity index (χ0n) is 10.2. The molecule has 2 heteroatoms. The van der Waals surface area contributed by atoms with Crippen LogP contribution in [0.15, 0.2) is 53.5 Å². The Morgan fingerprint density at radius 3 is 2.61 bits per heavy atom. The third-order valence-electron chi connectivity index (χ3n) is 2.94. The summed E-state index contributed by atoms with van der Waals surface area (Å²) in [5.74, 6) is 0.659. The van der Waals surface area contributed by atoms with Gasteiger partial charge in [-0.05, 0) is 42.3 Å². The van der Waals surface area contributed by atoms with Crippen LogP contribution in [0.5, 0.6) is 0 Å². The second-order valence-corrected chi connectivity index (χ2v) is 4.32. The molecule has 0 unspecified atom stereocenters. The van der Waals surface area contributed by atoms with Gasteiger partial charge in [0.05, 0.1) is 0 Å². The summed E-state index contributed by atoms with van der Waals surface area (Å²) in [7, 11) is 0. The summed E-state index contributed by atoms with van der Waals surface area (Å²) in [6.07, 6.45) is 1.82. The lowest BCUT2D eigenvalue weighted by Gasteiger charge is -1.95. The van der Waals surface area contributed by atoms with Crippen molar-refractivity contribution in [2.75, 3.05) is 0 Å². The van der Waals surface area contributed by atoms with Gasteiger partial charge in [0, 0.05) is 5.56 Å². The number of hydrogen-bond acceptors (Lipinski definition) is 2. The number of nitrogens with zero attached hydrogens (tertiary/aromatic N) is 1. The van der Waals surface area contributed by atoms with E-state index in [1.807, 2.05) is 55.5 Å². The van der Waals surface area contributed by atoms with Gasteiger partial charge in [-0.1, -0.05) is 30.9 Å². The van der Waals surface area contributed by atoms with Crippen LogP contribution in [0.3, 0.4) is 0 Å². The first kappa shape index (κ1) is 10.8. The molecule has 88 valence electrons. The van der Waals surface area contributed by atoms with Crippen molar-refractivity contribution in [2.24, 2.45) is 0 Å². The van der Waals surface area contributed by atoms with Crippen LogP contribution in [-0.2, 0) is 0 Å². The van der Waals surface area contributed by atoms with Crippen molar-refractivity contribution >= 4 is 17.2 Å². The van der Waals surface area contributed by atoms with Gasteiger partial charge in [-0.25, -0.2) is 4.98 Å². The van der Waals surface area contributed by atoms with Crippen LogP contribution in [0.1, 0.15) is 11.1 Å². The third-order valence-corrected chi connectivity index (χ3v) is 2.94. The first-order chi connectivity index (χ1) is 8.76. The van der Waals surface area contributed by atoms with E-state index >= 15 is 0 Å². The van der Waals surface area contributed by atoms with Crippen molar-refractivity contribution in [1.29, 1.82) is 0 Å². The molecule has 18 heavy (non-hydrogen) atoms. The highest BCUT2D eigenvalue weighted by Crippen LogP contribution is 2.25. The van der Waals surface area contributed by atoms with Gasteiger partial charge in [0.2, 0.25) is 5.89 Å². The quantitative estimate of drug-likeness (QED) is 0.656. The van der Waals surface area contributed by atoms with E-state index in [2.05, 4.69) is 11.6 Å². The molecule has 3 rings (SSSR count). The Morgan fingerprint density at radius 2 is 1.89 bits per heavy atom. The summed E-state index contributed by atoms with van der Waals surface area (Å²) < 4.78 is 5.75. The molecule has 0 aliphatic rings. The summed E-state index contributed by atoms with van der Waals surface area (Å²) in [4.78, 5) is 4.51. The maximum Gasteiger partial charge on any atom is 0.227 e. The summed E-state index contributed by atoms with van der Waals surface area (Å²) in [5.41, 5.74) is 4.98. The van der Waals surface area contributed by atoms with Gasteiger partial charge in [0.15, 0.2) is 5.58 Å². The minimum absolute atomic E-state index is 0.659. The number of fused-ring (bicyclic) bond motifs is 1. The zero-order chi connectivity index (χ0) is 12.5. The van der Waals surface area contributed by atoms with Gasteiger partial charge in [0.1, 0.15) is 5.52 Å². The molecule has 0 spiro atoms. The Labute approximate surface area is 106 Å². The first-order valence-electron chi connectivity index (χ1n) is 5.86. The lowest BCUT2D eigenvalue weighted by molar-refractivity contribution is 0.620. The van der Waals surface area contributed by atoms with Crippen LogP contribution < -0.4 is 0 Å². The van der Waals surface area contributed by atoms with Crippen LogP contribution in [0.25, 0.3) is 28.6 Å². The van der Waals surface area contributed by atoms with Crippen molar-refractivity contribution in [3.63, 3.8) is 0 Å². The van der Waals surface area contributed by atoms with Crippen LogP contribution in [0.2, 0.25) is 0 Å². The van der Waals surface area contributed by atoms with Gasteiger partial charge in [-0.15, -0.1) is 0 Å². The number of aromatic nitrogens is 1. The molecule has 0 bridgehead atoms. The number of aryl methyl sites for hydroxylation is 1. The molecule has 1 heterocycles. The number of hydrogen-bond donors (Lipinski definition) is 0. The fourth-order valence-corrected chi connectivity index (χ4v) is 1.92. The summed E-state index contributed by atoms with van der Waals surface area (Å²) >= 11 is 0. The van der Waals surface area contributed by atoms with E-state index in [0.29, 0.717) is 5.89 Å². The van der Waals surface area contributed by atoms with E-state index in [4.69, 9.17) is 4.42 Å². The minimum atomic E-state index is 0.659. The fraction of sp³-hybridized carbons (Fsp3) is 0.0625. The van der Waals surface area contributed by atoms with Crippen molar-refractivity contribution in [3.05, 3.63) is 60.2 Å². The largest absolute Gasteiger partial charge is 0.436 e. The molecule has 0 aliphatic heterocycles. The summed E-state index contributed by atoms with van der Waals surface area (Å²) in [6.45, 7) is 5.79. The average Bonchev–Trinajstić information content (AvgIpc) is 2.81. The summed E-state index contributed by atoms with van der Waals surface area (Å²) in [5, 5.41) is 0. The number of benzene rings is 2. The predicted octanol–water partition coefficient (Wildman–Crippen LogP) is 4.45. The molecular weight excluding hydrogens is 222 g/mol. The Hall–Kier alpha value is -2.35. The number of oxazole rings is 1. The Morgan fingerprint density at radius 1 is 1.11 bits per heavy atom. The Bertz CT molecular complexity index is 708. The monoisotopic (exact) mass is 235 g/mol. The number of rotatable bonds is 2. The lowest BCUT2D eigenvalue weighted by Crippen LogP contribution is -1.77. The topological polar surface area (TPSA) is 26.0 Å². The molecule has 1 aromatic heterocycles. The van der Waals surface area contributed by atoms with Gasteiger partial charge >= 0.3 is 0 Å². The Balaban J connectivity index is 2.10. The van der Waals surface area contributed by atoms with Crippen molar-refractivity contribution in [3.8, 4) is 11.5 Å². The molecule has 0 N–H and O–H groups in total. The van der Waals surface area contributed by atoms with E-state index in [1.54, 1.807) is 0 Å². The van der Waals surface area contributed by atoms with Gasteiger partial charge in [-0.3, -0.25) is 0 Å². The fourth-order valence-electron chi connectivity index (χ4n) is 1.92. The van der Waals surface area contributed by atoms with Gasteiger partial charge < -0.3 is 4.42 Å². The smallest absolute Gasteiger partial charge is 0.227 e. The normalized spacial score (nSPS) is 10.7. The van der Waals surface area contributed by atoms with E-state index in [0.717, 1.165) is 22.2 Å². The van der Waals surface area contributed by atoms with E-state index < -0.39 is 0 Å². The molecule has 2 nitrogen and oxygen atoms in total. The maximum absolute atomic E-state index is 5.75. The van der Waals surface area contributed by atoms with E-state index in [9.17, 15) is 0 Å². The van der Waals surface area contributed by atoms with Crippen LogP contribution in [-0.4, -0.2) is 4.98 Å². The molecule has 0 amide bonds. The molecule has 0 radical (unpaired) electrons. The SMILES string of the molecule is C=Cc1ccc(-c2nc3cc(C)ccc3o2)cc1. The lowest BCUT2D eigenvalue weighted by atomic mass is 10.1. The minimum Gasteiger partial charge on any atom is -0.436 e. The molecule has 0 saturated carbocycles. The standard InChI is InChI=1S/C16H13NO/c1-3-12-5-7-13(8-6-12)16-17-14-10-11(2)4-9-15(14)18-16/h3-10H,1H2,2H3. The van der Waals surface area contributed by atoms with E-state index in [-0.39, 0.29) is 0 Å². The molecule has 0 fully saturated rings.